The highest BCUT2D eigenvalue weighted by molar-refractivity contribution is 5.31. The summed E-state index contributed by atoms with van der Waals surface area (Å²) in [6.07, 6.45) is 0.430. The van der Waals surface area contributed by atoms with Crippen LogP contribution in [0.2, 0.25) is 0 Å². The van der Waals surface area contributed by atoms with E-state index in [2.05, 4.69) is 20.2 Å². The molecule has 1 aromatic carbocycles. The van der Waals surface area contributed by atoms with E-state index in [0.29, 0.717) is 32.3 Å². The van der Waals surface area contributed by atoms with Crippen molar-refractivity contribution in [1.82, 2.24) is 25.0 Å². The highest BCUT2D eigenvalue weighted by atomic mass is 19.4. The molecule has 0 N–H and O–H groups in total. The molecule has 3 aromatic rings. The summed E-state index contributed by atoms with van der Waals surface area (Å²) in [5.74, 6) is 0.310. The van der Waals surface area contributed by atoms with Gasteiger partial charge in [-0.25, -0.2) is 9.97 Å². The molecule has 4 rings (SSSR count). The molecule has 0 unspecified atom stereocenters. The first-order valence-corrected chi connectivity index (χ1v) is 9.65. The Hall–Kier alpha value is -3.01. The zero-order valence-corrected chi connectivity index (χ0v) is 16.2. The van der Waals surface area contributed by atoms with Crippen molar-refractivity contribution in [2.75, 3.05) is 18.0 Å². The van der Waals surface area contributed by atoms with Crippen LogP contribution >= 0.6 is 0 Å². The van der Waals surface area contributed by atoms with E-state index in [4.69, 9.17) is 4.74 Å². The number of benzene rings is 1. The lowest BCUT2D eigenvalue weighted by atomic mass is 10.1. The maximum absolute atomic E-state index is 12.6. The number of alkyl halides is 3. The van der Waals surface area contributed by atoms with Gasteiger partial charge in [-0.15, -0.1) is 0 Å². The van der Waals surface area contributed by atoms with Crippen LogP contribution in [0.3, 0.4) is 0 Å². The number of anilines is 1. The molecule has 2 aromatic heterocycles. The number of nitrogens with zero attached hydrogens (tertiary/aromatic N) is 6. The van der Waals surface area contributed by atoms with Crippen LogP contribution in [0.4, 0.5) is 19.1 Å². The standard InChI is InChI=1S/C20H21F3N6O/c21-20(22,23)16-10-24-19(25-11-16)28-8-6-18(7-9-28)29-26-12-17(27-29)14-30-13-15-4-2-1-3-5-15/h1-5,10-12,18H,6-9,13-14H2. The number of hydrogen-bond donors (Lipinski definition) is 0. The SMILES string of the molecule is FC(F)(F)c1cnc(N2CCC(n3ncc(COCc4ccccc4)n3)CC2)nc1. The fraction of sp³-hybridized carbons (Fsp3) is 0.400. The van der Waals surface area contributed by atoms with Crippen molar-refractivity contribution in [2.45, 2.75) is 38.3 Å². The van der Waals surface area contributed by atoms with Crippen molar-refractivity contribution in [2.24, 2.45) is 0 Å². The fourth-order valence-electron chi connectivity index (χ4n) is 3.33. The molecule has 30 heavy (non-hydrogen) atoms. The Labute approximate surface area is 171 Å². The van der Waals surface area contributed by atoms with E-state index in [1.165, 1.54) is 0 Å². The molecule has 158 valence electrons. The third kappa shape index (κ3) is 4.93. The Kier molecular flexibility index (Phi) is 5.93. The van der Waals surface area contributed by atoms with Crippen molar-refractivity contribution in [1.29, 1.82) is 0 Å². The molecule has 3 heterocycles. The van der Waals surface area contributed by atoms with Crippen molar-refractivity contribution in [3.8, 4) is 0 Å². The maximum atomic E-state index is 12.6. The van der Waals surface area contributed by atoms with Crippen molar-refractivity contribution in [3.63, 3.8) is 0 Å². The summed E-state index contributed by atoms with van der Waals surface area (Å²) in [4.78, 5) is 11.3. The first-order valence-electron chi connectivity index (χ1n) is 9.65. The van der Waals surface area contributed by atoms with Crippen molar-refractivity contribution in [3.05, 3.63) is 65.7 Å². The minimum Gasteiger partial charge on any atom is -0.370 e. The van der Waals surface area contributed by atoms with Crippen LogP contribution < -0.4 is 4.90 Å². The Balaban J connectivity index is 1.27. The molecular weight excluding hydrogens is 397 g/mol. The van der Waals surface area contributed by atoms with Crippen LogP contribution in [0.15, 0.2) is 48.9 Å². The van der Waals surface area contributed by atoms with Gasteiger partial charge in [0.15, 0.2) is 0 Å². The van der Waals surface area contributed by atoms with Crippen LogP contribution in [0, 0.1) is 0 Å². The van der Waals surface area contributed by atoms with Crippen LogP contribution in [0.25, 0.3) is 0 Å². The first kappa shape index (κ1) is 20.3. The minimum absolute atomic E-state index is 0.124. The Morgan fingerprint density at radius 3 is 2.33 bits per heavy atom. The smallest absolute Gasteiger partial charge is 0.370 e. The van der Waals surface area contributed by atoms with E-state index in [9.17, 15) is 13.2 Å². The van der Waals surface area contributed by atoms with Gasteiger partial charge in [0.05, 0.1) is 31.0 Å². The molecule has 0 spiro atoms. The lowest BCUT2D eigenvalue weighted by Crippen LogP contribution is -2.36. The second kappa shape index (κ2) is 8.78. The third-order valence-electron chi connectivity index (χ3n) is 4.96. The first-order chi connectivity index (χ1) is 14.5. The summed E-state index contributed by atoms with van der Waals surface area (Å²) in [5, 5.41) is 8.86. The molecule has 0 radical (unpaired) electrons. The third-order valence-corrected chi connectivity index (χ3v) is 4.96. The van der Waals surface area contributed by atoms with Crippen LogP contribution in [-0.2, 0) is 24.1 Å². The number of rotatable bonds is 6. The largest absolute Gasteiger partial charge is 0.419 e. The van der Waals surface area contributed by atoms with E-state index in [1.807, 2.05) is 35.2 Å². The van der Waals surface area contributed by atoms with Crippen LogP contribution in [0.5, 0.6) is 0 Å². The molecule has 1 saturated heterocycles. The highest BCUT2D eigenvalue weighted by Gasteiger charge is 2.32. The second-order valence-electron chi connectivity index (χ2n) is 7.12. The number of halogens is 3. The van der Waals surface area contributed by atoms with Gasteiger partial charge in [-0.2, -0.15) is 28.2 Å². The maximum Gasteiger partial charge on any atom is 0.419 e. The lowest BCUT2D eigenvalue weighted by molar-refractivity contribution is -0.138. The predicted octanol–water partition coefficient (Wildman–Crippen LogP) is 3.65. The number of piperidine rings is 1. The van der Waals surface area contributed by atoms with Gasteiger partial charge >= 0.3 is 6.18 Å². The second-order valence-corrected chi connectivity index (χ2v) is 7.12. The molecule has 10 heteroatoms. The van der Waals surface area contributed by atoms with Crippen molar-refractivity contribution < 1.29 is 17.9 Å². The van der Waals surface area contributed by atoms with Gasteiger partial charge in [0.2, 0.25) is 5.95 Å². The normalized spacial score (nSPS) is 15.5. The van der Waals surface area contributed by atoms with Gasteiger partial charge in [-0.1, -0.05) is 30.3 Å². The van der Waals surface area contributed by atoms with Gasteiger partial charge in [0, 0.05) is 25.5 Å². The number of ether oxygens (including phenoxy) is 1. The summed E-state index contributed by atoms with van der Waals surface area (Å²) in [7, 11) is 0. The van der Waals surface area contributed by atoms with Crippen LogP contribution in [-0.4, -0.2) is 38.1 Å². The van der Waals surface area contributed by atoms with Gasteiger partial charge in [-0.3, -0.25) is 0 Å². The summed E-state index contributed by atoms with van der Waals surface area (Å²) in [6.45, 7) is 2.14. The van der Waals surface area contributed by atoms with Crippen LogP contribution in [0.1, 0.15) is 35.7 Å². The lowest BCUT2D eigenvalue weighted by Gasteiger charge is -2.31. The molecule has 0 atom stereocenters. The summed E-state index contributed by atoms with van der Waals surface area (Å²) >= 11 is 0. The zero-order valence-electron chi connectivity index (χ0n) is 16.2. The molecule has 1 fully saturated rings. The van der Waals surface area contributed by atoms with Gasteiger partial charge in [0.1, 0.15) is 5.69 Å². The Bertz CT molecular complexity index is 937. The topological polar surface area (TPSA) is 69.0 Å². The molecule has 0 aliphatic carbocycles. The average Bonchev–Trinajstić information content (AvgIpc) is 3.23. The van der Waals surface area contributed by atoms with E-state index >= 15 is 0 Å². The molecule has 0 bridgehead atoms. The molecule has 1 aliphatic heterocycles. The fourth-order valence-corrected chi connectivity index (χ4v) is 3.33. The average molecular weight is 418 g/mol. The Morgan fingerprint density at radius 2 is 1.67 bits per heavy atom. The van der Waals surface area contributed by atoms with Gasteiger partial charge in [-0.05, 0) is 18.4 Å². The molecule has 1 aliphatic rings. The monoisotopic (exact) mass is 418 g/mol. The molecule has 0 amide bonds. The van der Waals surface area contributed by atoms with Gasteiger partial charge in [0.25, 0.3) is 0 Å². The van der Waals surface area contributed by atoms with E-state index < -0.39 is 11.7 Å². The molecular formula is C20H21F3N6O. The Morgan fingerprint density at radius 1 is 0.967 bits per heavy atom. The quantitative estimate of drug-likeness (QED) is 0.609. The van der Waals surface area contributed by atoms with E-state index in [1.54, 1.807) is 11.0 Å². The minimum atomic E-state index is -4.43. The highest BCUT2D eigenvalue weighted by Crippen LogP contribution is 2.29. The van der Waals surface area contributed by atoms with E-state index in [-0.39, 0.29) is 6.04 Å². The van der Waals surface area contributed by atoms with E-state index in [0.717, 1.165) is 36.5 Å². The molecule has 0 saturated carbocycles. The van der Waals surface area contributed by atoms with Crippen molar-refractivity contribution >= 4 is 5.95 Å². The number of aromatic nitrogens is 5. The van der Waals surface area contributed by atoms with Gasteiger partial charge < -0.3 is 9.64 Å². The molecule has 7 nitrogen and oxygen atoms in total. The number of hydrogen-bond acceptors (Lipinski definition) is 6. The summed E-state index contributed by atoms with van der Waals surface area (Å²) in [6, 6.07) is 10.0. The summed E-state index contributed by atoms with van der Waals surface area (Å²) in [5.41, 5.74) is 1.02. The summed E-state index contributed by atoms with van der Waals surface area (Å²) < 4.78 is 43.6. The predicted molar refractivity (Wildman–Crippen MR) is 102 cm³/mol. The zero-order chi connectivity index (χ0) is 21.0.